The van der Waals surface area contributed by atoms with E-state index in [0.717, 1.165) is 6.42 Å². The first-order valence-electron chi connectivity index (χ1n) is 6.57. The van der Waals surface area contributed by atoms with E-state index in [0.29, 0.717) is 24.7 Å². The highest BCUT2D eigenvalue weighted by molar-refractivity contribution is 5.91. The molecule has 0 spiro atoms. The molecule has 1 N–H and O–H groups in total. The fourth-order valence-corrected chi connectivity index (χ4v) is 1.97. The summed E-state index contributed by atoms with van der Waals surface area (Å²) < 4.78 is 1.35. The maximum Gasteiger partial charge on any atom is 0.271 e. The Labute approximate surface area is 106 Å². The lowest BCUT2D eigenvalue weighted by molar-refractivity contribution is 0.0931. The van der Waals surface area contributed by atoms with Gasteiger partial charge in [0.05, 0.1) is 0 Å². The van der Waals surface area contributed by atoms with Crippen LogP contribution in [0.1, 0.15) is 43.1 Å². The van der Waals surface area contributed by atoms with Gasteiger partial charge in [-0.2, -0.15) is 5.10 Å². The third-order valence-electron chi connectivity index (χ3n) is 3.31. The zero-order chi connectivity index (χ0) is 13.0. The molecule has 0 aliphatic heterocycles. The second-order valence-corrected chi connectivity index (χ2v) is 4.79. The maximum atomic E-state index is 11.9. The summed E-state index contributed by atoms with van der Waals surface area (Å²) in [5.74, 6) is 0.433. The molecule has 98 valence electrons. The Morgan fingerprint density at radius 2 is 2.28 bits per heavy atom. The van der Waals surface area contributed by atoms with Gasteiger partial charge in [-0.3, -0.25) is 9.59 Å². The molecule has 2 rings (SSSR count). The minimum Gasteiger partial charge on any atom is -0.350 e. The lowest BCUT2D eigenvalue weighted by atomic mass is 9.85. The van der Waals surface area contributed by atoms with E-state index in [9.17, 15) is 9.59 Å². The molecule has 1 saturated carbocycles. The maximum absolute atomic E-state index is 11.9. The molecule has 1 heterocycles. The summed E-state index contributed by atoms with van der Waals surface area (Å²) in [7, 11) is 0. The largest absolute Gasteiger partial charge is 0.350 e. The Morgan fingerprint density at radius 1 is 1.50 bits per heavy atom. The smallest absolute Gasteiger partial charge is 0.271 e. The Hall–Kier alpha value is -1.65. The van der Waals surface area contributed by atoms with E-state index in [4.69, 9.17) is 0 Å². The molecule has 0 radical (unpaired) electrons. The molecule has 1 aromatic heterocycles. The molecule has 0 saturated heterocycles. The van der Waals surface area contributed by atoms with Crippen LogP contribution in [0.3, 0.4) is 0 Å². The highest BCUT2D eigenvalue weighted by atomic mass is 16.2. The zero-order valence-electron chi connectivity index (χ0n) is 10.7. The fourth-order valence-electron chi connectivity index (χ4n) is 1.97. The van der Waals surface area contributed by atoms with Crippen molar-refractivity contribution in [2.24, 2.45) is 5.92 Å². The summed E-state index contributed by atoms with van der Waals surface area (Å²) >= 11 is 0. The second-order valence-electron chi connectivity index (χ2n) is 4.79. The van der Waals surface area contributed by atoms with Gasteiger partial charge >= 0.3 is 0 Å². The topological polar surface area (TPSA) is 64.0 Å². The lowest BCUT2D eigenvalue weighted by Gasteiger charge is -2.25. The number of carbonyl (C=O) groups is 1. The van der Waals surface area contributed by atoms with Crippen molar-refractivity contribution < 1.29 is 4.79 Å². The zero-order valence-corrected chi connectivity index (χ0v) is 10.7. The quantitative estimate of drug-likeness (QED) is 0.852. The summed E-state index contributed by atoms with van der Waals surface area (Å²) in [5.41, 5.74) is 0.162. The van der Waals surface area contributed by atoms with E-state index in [1.807, 2.05) is 6.92 Å². The average molecular weight is 249 g/mol. The average Bonchev–Trinajstić information content (AvgIpc) is 2.30. The SMILES string of the molecule is CCCn1nc(C(=O)NCC2CCC2)ccc1=O. The second kappa shape index (κ2) is 5.80. The van der Waals surface area contributed by atoms with E-state index < -0.39 is 0 Å². The molecule has 18 heavy (non-hydrogen) atoms. The molecule has 1 aliphatic rings. The molecule has 0 bridgehead atoms. The van der Waals surface area contributed by atoms with Gasteiger partial charge in [-0.05, 0) is 31.2 Å². The minimum absolute atomic E-state index is 0.160. The molecule has 1 aliphatic carbocycles. The van der Waals surface area contributed by atoms with E-state index in [1.165, 1.54) is 36.1 Å². The van der Waals surface area contributed by atoms with Crippen molar-refractivity contribution in [3.63, 3.8) is 0 Å². The predicted octanol–water partition coefficient (Wildman–Crippen LogP) is 1.18. The van der Waals surface area contributed by atoms with Gasteiger partial charge in [-0.1, -0.05) is 13.3 Å². The van der Waals surface area contributed by atoms with Crippen molar-refractivity contribution in [2.75, 3.05) is 6.54 Å². The van der Waals surface area contributed by atoms with Crippen LogP contribution < -0.4 is 10.9 Å². The van der Waals surface area contributed by atoms with Crippen LogP contribution in [0.2, 0.25) is 0 Å². The summed E-state index contributed by atoms with van der Waals surface area (Å²) in [6.45, 7) is 3.23. The van der Waals surface area contributed by atoms with Crippen LogP contribution in [0.4, 0.5) is 0 Å². The number of hydrogen-bond donors (Lipinski definition) is 1. The summed E-state index contributed by atoms with van der Waals surface area (Å²) in [6.07, 6.45) is 4.48. The van der Waals surface area contributed by atoms with Gasteiger partial charge in [0.2, 0.25) is 0 Å². The van der Waals surface area contributed by atoms with Gasteiger partial charge in [-0.25, -0.2) is 4.68 Å². The van der Waals surface area contributed by atoms with Crippen LogP contribution >= 0.6 is 0 Å². The van der Waals surface area contributed by atoms with Gasteiger partial charge in [0, 0.05) is 19.2 Å². The number of aryl methyl sites for hydroxylation is 1. The Balaban J connectivity index is 2.00. The Morgan fingerprint density at radius 3 is 2.89 bits per heavy atom. The molecule has 1 aromatic rings. The van der Waals surface area contributed by atoms with Gasteiger partial charge < -0.3 is 5.32 Å². The summed E-state index contributed by atoms with van der Waals surface area (Å²) in [4.78, 5) is 23.3. The van der Waals surface area contributed by atoms with E-state index in [-0.39, 0.29) is 11.5 Å². The third-order valence-corrected chi connectivity index (χ3v) is 3.31. The van der Waals surface area contributed by atoms with Crippen molar-refractivity contribution in [3.8, 4) is 0 Å². The number of nitrogens with one attached hydrogen (secondary N) is 1. The Bertz CT molecular complexity index is 477. The fraction of sp³-hybridized carbons (Fsp3) is 0.615. The Kier molecular flexibility index (Phi) is 4.12. The first-order chi connectivity index (χ1) is 8.70. The third kappa shape index (κ3) is 2.97. The highest BCUT2D eigenvalue weighted by Gasteiger charge is 2.18. The number of amides is 1. The van der Waals surface area contributed by atoms with E-state index in [1.54, 1.807) is 0 Å². The number of rotatable bonds is 5. The lowest BCUT2D eigenvalue weighted by Crippen LogP contribution is -2.34. The van der Waals surface area contributed by atoms with Crippen LogP contribution in [0.5, 0.6) is 0 Å². The molecule has 1 amide bonds. The van der Waals surface area contributed by atoms with Crippen LogP contribution in [0.25, 0.3) is 0 Å². The van der Waals surface area contributed by atoms with Gasteiger partial charge in [-0.15, -0.1) is 0 Å². The highest BCUT2D eigenvalue weighted by Crippen LogP contribution is 2.25. The molecule has 0 aromatic carbocycles. The van der Waals surface area contributed by atoms with E-state index in [2.05, 4.69) is 10.4 Å². The van der Waals surface area contributed by atoms with Gasteiger partial charge in [0.1, 0.15) is 5.69 Å². The van der Waals surface area contributed by atoms with Crippen LogP contribution in [-0.4, -0.2) is 22.2 Å². The molecule has 5 nitrogen and oxygen atoms in total. The number of hydrogen-bond acceptors (Lipinski definition) is 3. The molecule has 5 heteroatoms. The first-order valence-corrected chi connectivity index (χ1v) is 6.57. The molecule has 1 fully saturated rings. The summed E-state index contributed by atoms with van der Waals surface area (Å²) in [6, 6.07) is 2.89. The van der Waals surface area contributed by atoms with Crippen LogP contribution in [0, 0.1) is 5.92 Å². The number of aromatic nitrogens is 2. The standard InChI is InChI=1S/C13H19N3O2/c1-2-8-16-12(17)7-6-11(15-16)13(18)14-9-10-4-3-5-10/h6-7,10H,2-5,8-9H2,1H3,(H,14,18). The van der Waals surface area contributed by atoms with Crippen molar-refractivity contribution in [2.45, 2.75) is 39.2 Å². The molecular formula is C13H19N3O2. The van der Waals surface area contributed by atoms with Crippen LogP contribution in [-0.2, 0) is 6.54 Å². The van der Waals surface area contributed by atoms with Gasteiger partial charge in [0.15, 0.2) is 0 Å². The normalized spacial score (nSPS) is 15.2. The van der Waals surface area contributed by atoms with Crippen molar-refractivity contribution >= 4 is 5.91 Å². The molecule has 0 atom stereocenters. The minimum atomic E-state index is -0.188. The predicted molar refractivity (Wildman–Crippen MR) is 68.5 cm³/mol. The molecule has 0 unspecified atom stereocenters. The van der Waals surface area contributed by atoms with Crippen molar-refractivity contribution in [1.29, 1.82) is 0 Å². The number of carbonyl (C=O) groups excluding carboxylic acids is 1. The van der Waals surface area contributed by atoms with Gasteiger partial charge in [0.25, 0.3) is 11.5 Å². The molecular weight excluding hydrogens is 230 g/mol. The van der Waals surface area contributed by atoms with Crippen molar-refractivity contribution in [1.82, 2.24) is 15.1 Å². The monoisotopic (exact) mass is 249 g/mol. The van der Waals surface area contributed by atoms with E-state index >= 15 is 0 Å². The first kappa shape index (κ1) is 12.8. The number of nitrogens with zero attached hydrogens (tertiary/aromatic N) is 2. The van der Waals surface area contributed by atoms with Crippen molar-refractivity contribution in [3.05, 3.63) is 28.2 Å². The van der Waals surface area contributed by atoms with Crippen LogP contribution in [0.15, 0.2) is 16.9 Å². The summed E-state index contributed by atoms with van der Waals surface area (Å²) in [5, 5.41) is 6.95.